The van der Waals surface area contributed by atoms with Crippen molar-refractivity contribution in [2.45, 2.75) is 6.42 Å². The quantitative estimate of drug-likeness (QED) is 0.695. The molecule has 0 saturated carbocycles. The molecule has 4 nitrogen and oxygen atoms in total. The molecule has 19 heavy (non-hydrogen) atoms. The van der Waals surface area contributed by atoms with Gasteiger partial charge in [0, 0.05) is 11.1 Å². The highest BCUT2D eigenvalue weighted by Crippen LogP contribution is 2.15. The van der Waals surface area contributed by atoms with Gasteiger partial charge in [-0.2, -0.15) is 0 Å². The molecule has 1 aromatic carbocycles. The molecule has 0 radical (unpaired) electrons. The number of aromatic nitrogens is 2. The molecule has 2 rings (SSSR count). The summed E-state index contributed by atoms with van der Waals surface area (Å²) < 4.78 is 0. The summed E-state index contributed by atoms with van der Waals surface area (Å²) in [6.07, 6.45) is 0.205. The van der Waals surface area contributed by atoms with Gasteiger partial charge in [0.25, 0.3) is 0 Å². The van der Waals surface area contributed by atoms with Crippen LogP contribution in [0.3, 0.4) is 0 Å². The molecule has 0 saturated heterocycles. The van der Waals surface area contributed by atoms with Crippen LogP contribution in [0.15, 0.2) is 30.3 Å². The number of hydrogen-bond acceptors (Lipinski definition) is 3. The summed E-state index contributed by atoms with van der Waals surface area (Å²) in [6.45, 7) is 0. The molecule has 2 aromatic rings. The van der Waals surface area contributed by atoms with E-state index in [-0.39, 0.29) is 28.6 Å². The SMILES string of the molecule is O=C(Cc1ccc(Cl)cc1)Nc1cc(Cl)nc(Cl)n1. The van der Waals surface area contributed by atoms with Crippen LogP contribution in [-0.2, 0) is 11.2 Å². The third-order valence-corrected chi connectivity index (χ3v) is 2.83. The fourth-order valence-corrected chi connectivity index (χ4v) is 1.96. The van der Waals surface area contributed by atoms with E-state index in [2.05, 4.69) is 15.3 Å². The van der Waals surface area contributed by atoms with Crippen molar-refractivity contribution in [1.82, 2.24) is 9.97 Å². The summed E-state index contributed by atoms with van der Waals surface area (Å²) in [5, 5.41) is 3.37. The van der Waals surface area contributed by atoms with Crippen LogP contribution in [-0.4, -0.2) is 15.9 Å². The molecule has 1 heterocycles. The van der Waals surface area contributed by atoms with E-state index in [0.717, 1.165) is 5.56 Å². The normalized spacial score (nSPS) is 10.3. The largest absolute Gasteiger partial charge is 0.310 e. The molecule has 1 amide bonds. The van der Waals surface area contributed by atoms with Crippen molar-refractivity contribution in [1.29, 1.82) is 0 Å². The molecule has 0 aliphatic carbocycles. The Morgan fingerprint density at radius 3 is 2.42 bits per heavy atom. The lowest BCUT2D eigenvalue weighted by Gasteiger charge is -2.05. The zero-order chi connectivity index (χ0) is 13.8. The first-order valence-electron chi connectivity index (χ1n) is 5.27. The summed E-state index contributed by atoms with van der Waals surface area (Å²) in [4.78, 5) is 19.3. The van der Waals surface area contributed by atoms with Crippen LogP contribution in [0, 0.1) is 0 Å². The van der Waals surface area contributed by atoms with Crippen molar-refractivity contribution in [2.75, 3.05) is 5.32 Å². The minimum Gasteiger partial charge on any atom is -0.310 e. The zero-order valence-corrected chi connectivity index (χ0v) is 11.8. The highest BCUT2D eigenvalue weighted by molar-refractivity contribution is 6.32. The third-order valence-electron chi connectivity index (χ3n) is 2.21. The zero-order valence-electron chi connectivity index (χ0n) is 9.53. The van der Waals surface area contributed by atoms with Crippen LogP contribution in [0.1, 0.15) is 5.56 Å². The average Bonchev–Trinajstić information content (AvgIpc) is 2.30. The lowest BCUT2D eigenvalue weighted by Crippen LogP contribution is -2.15. The Labute approximate surface area is 124 Å². The maximum absolute atomic E-state index is 11.8. The van der Waals surface area contributed by atoms with E-state index < -0.39 is 0 Å². The number of rotatable bonds is 3. The summed E-state index contributed by atoms with van der Waals surface area (Å²) in [6, 6.07) is 8.43. The second kappa shape index (κ2) is 6.19. The van der Waals surface area contributed by atoms with E-state index in [1.165, 1.54) is 6.07 Å². The molecule has 1 N–H and O–H groups in total. The predicted octanol–water partition coefficient (Wildman–Crippen LogP) is 3.62. The fourth-order valence-electron chi connectivity index (χ4n) is 1.43. The lowest BCUT2D eigenvalue weighted by atomic mass is 10.1. The number of amides is 1. The van der Waals surface area contributed by atoms with Crippen molar-refractivity contribution in [3.05, 3.63) is 51.4 Å². The fraction of sp³-hybridized carbons (Fsp3) is 0.0833. The molecule has 0 aliphatic rings. The van der Waals surface area contributed by atoms with E-state index in [1.807, 2.05) is 0 Å². The van der Waals surface area contributed by atoms with E-state index in [4.69, 9.17) is 34.8 Å². The van der Waals surface area contributed by atoms with Gasteiger partial charge in [0.05, 0.1) is 6.42 Å². The van der Waals surface area contributed by atoms with Crippen LogP contribution in [0.2, 0.25) is 15.5 Å². The molecule has 0 fully saturated rings. The van der Waals surface area contributed by atoms with Crippen molar-refractivity contribution in [3.63, 3.8) is 0 Å². The van der Waals surface area contributed by atoms with Crippen LogP contribution in [0.4, 0.5) is 5.82 Å². The number of halogens is 3. The summed E-state index contributed by atoms with van der Waals surface area (Å²) in [5.41, 5.74) is 0.841. The van der Waals surface area contributed by atoms with E-state index >= 15 is 0 Å². The number of carbonyl (C=O) groups excluding carboxylic acids is 1. The highest BCUT2D eigenvalue weighted by atomic mass is 35.5. The van der Waals surface area contributed by atoms with E-state index in [9.17, 15) is 4.79 Å². The van der Waals surface area contributed by atoms with Crippen molar-refractivity contribution < 1.29 is 4.79 Å². The van der Waals surface area contributed by atoms with Gasteiger partial charge < -0.3 is 5.32 Å². The molecule has 98 valence electrons. The number of anilines is 1. The van der Waals surface area contributed by atoms with E-state index in [1.54, 1.807) is 24.3 Å². The van der Waals surface area contributed by atoms with Crippen LogP contribution in [0.25, 0.3) is 0 Å². The summed E-state index contributed by atoms with van der Waals surface area (Å²) in [5.74, 6) is 0.0390. The number of nitrogens with zero attached hydrogens (tertiary/aromatic N) is 2. The topological polar surface area (TPSA) is 54.9 Å². The molecule has 0 unspecified atom stereocenters. The maximum Gasteiger partial charge on any atom is 0.229 e. The second-order valence-electron chi connectivity index (χ2n) is 3.70. The van der Waals surface area contributed by atoms with Gasteiger partial charge in [-0.25, -0.2) is 9.97 Å². The average molecular weight is 317 g/mol. The van der Waals surface area contributed by atoms with Gasteiger partial charge in [-0.05, 0) is 29.3 Å². The lowest BCUT2D eigenvalue weighted by molar-refractivity contribution is -0.115. The first-order valence-corrected chi connectivity index (χ1v) is 6.41. The smallest absolute Gasteiger partial charge is 0.229 e. The first kappa shape index (κ1) is 14.1. The van der Waals surface area contributed by atoms with Gasteiger partial charge in [0.15, 0.2) is 0 Å². The minimum absolute atomic E-state index is 0.0192. The van der Waals surface area contributed by atoms with Gasteiger partial charge in [0.2, 0.25) is 11.2 Å². The monoisotopic (exact) mass is 315 g/mol. The number of benzene rings is 1. The Balaban J connectivity index is 2.03. The van der Waals surface area contributed by atoms with Gasteiger partial charge in [-0.1, -0.05) is 35.3 Å². The van der Waals surface area contributed by atoms with Crippen molar-refractivity contribution in [3.8, 4) is 0 Å². The third kappa shape index (κ3) is 4.35. The van der Waals surface area contributed by atoms with Gasteiger partial charge in [0.1, 0.15) is 11.0 Å². The Hall–Kier alpha value is -1.36. The predicted molar refractivity (Wildman–Crippen MR) is 75.8 cm³/mol. The molecule has 1 aromatic heterocycles. The van der Waals surface area contributed by atoms with Gasteiger partial charge in [-0.15, -0.1) is 0 Å². The number of hydrogen-bond donors (Lipinski definition) is 1. The van der Waals surface area contributed by atoms with Crippen LogP contribution in [0.5, 0.6) is 0 Å². The Bertz CT molecular complexity index is 581. The molecule has 0 atom stereocenters. The minimum atomic E-state index is -0.229. The Morgan fingerprint density at radius 1 is 1.11 bits per heavy atom. The molecule has 7 heteroatoms. The van der Waals surface area contributed by atoms with Crippen LogP contribution < -0.4 is 5.32 Å². The number of nitrogens with one attached hydrogen (secondary N) is 1. The molecule has 0 spiro atoms. The Kier molecular flexibility index (Phi) is 4.58. The van der Waals surface area contributed by atoms with Crippen molar-refractivity contribution >= 4 is 46.5 Å². The molecule has 0 aliphatic heterocycles. The summed E-state index contributed by atoms with van der Waals surface area (Å²) >= 11 is 17.1. The maximum atomic E-state index is 11.8. The second-order valence-corrected chi connectivity index (χ2v) is 4.86. The molecular formula is C12H8Cl3N3O. The van der Waals surface area contributed by atoms with E-state index in [0.29, 0.717) is 5.02 Å². The first-order chi connectivity index (χ1) is 9.02. The Morgan fingerprint density at radius 2 is 1.79 bits per heavy atom. The highest BCUT2D eigenvalue weighted by Gasteiger charge is 2.07. The van der Waals surface area contributed by atoms with Gasteiger partial charge >= 0.3 is 0 Å². The standard InChI is InChI=1S/C12H8Cl3N3O/c13-8-3-1-7(2-4-8)5-11(19)17-10-6-9(14)16-12(15)18-10/h1-4,6H,5H2,(H,16,17,18,19). The van der Waals surface area contributed by atoms with Crippen molar-refractivity contribution in [2.24, 2.45) is 0 Å². The van der Waals surface area contributed by atoms with Crippen LogP contribution >= 0.6 is 34.8 Å². The number of carbonyl (C=O) groups is 1. The molecular weight excluding hydrogens is 309 g/mol. The summed E-state index contributed by atoms with van der Waals surface area (Å²) in [7, 11) is 0. The molecule has 0 bridgehead atoms. The van der Waals surface area contributed by atoms with Gasteiger partial charge in [-0.3, -0.25) is 4.79 Å².